The highest BCUT2D eigenvalue weighted by Crippen LogP contribution is 2.42. The van der Waals surface area contributed by atoms with E-state index in [0.29, 0.717) is 16.8 Å². The SMILES string of the molecule is O=C(c1c[nH]c2ccccc12)[C@H](Sc1nnnn1C1CC1)c1ccccc1. The standard InChI is InChI=1S/C20H17N5OS/c26-18(16-12-21-17-9-5-4-8-15(16)17)19(13-6-2-1-3-7-13)27-20-22-23-24-25(20)14-10-11-14/h1-9,12,14,19,21H,10-11H2/t19-/m1/s1. The van der Waals surface area contributed by atoms with Crippen LogP contribution in [0.5, 0.6) is 0 Å². The Bertz CT molecular complexity index is 1100. The van der Waals surface area contributed by atoms with Crippen molar-refractivity contribution in [2.24, 2.45) is 0 Å². The zero-order chi connectivity index (χ0) is 18.2. The highest BCUT2D eigenvalue weighted by Gasteiger charge is 2.32. The molecule has 0 bridgehead atoms. The van der Waals surface area contributed by atoms with Crippen molar-refractivity contribution in [1.29, 1.82) is 0 Å². The molecule has 6 nitrogen and oxygen atoms in total. The molecule has 1 fully saturated rings. The van der Waals surface area contributed by atoms with Gasteiger partial charge in [-0.25, -0.2) is 4.68 Å². The molecule has 0 saturated heterocycles. The lowest BCUT2D eigenvalue weighted by Crippen LogP contribution is -2.11. The van der Waals surface area contributed by atoms with Gasteiger partial charge in [-0.05, 0) is 34.9 Å². The van der Waals surface area contributed by atoms with Crippen LogP contribution in [0.3, 0.4) is 0 Å². The molecule has 0 amide bonds. The maximum absolute atomic E-state index is 13.5. The summed E-state index contributed by atoms with van der Waals surface area (Å²) in [5.74, 6) is 0.0500. The van der Waals surface area contributed by atoms with Crippen LogP contribution >= 0.6 is 11.8 Å². The summed E-state index contributed by atoms with van der Waals surface area (Å²) in [6.07, 6.45) is 3.98. The van der Waals surface area contributed by atoms with Crippen molar-refractivity contribution in [2.75, 3.05) is 0 Å². The van der Waals surface area contributed by atoms with Gasteiger partial charge in [-0.15, -0.1) is 5.10 Å². The number of nitrogens with zero attached hydrogens (tertiary/aromatic N) is 4. The van der Waals surface area contributed by atoms with Gasteiger partial charge in [0.25, 0.3) is 0 Å². The number of rotatable bonds is 6. The number of thioether (sulfide) groups is 1. The lowest BCUT2D eigenvalue weighted by molar-refractivity contribution is 0.0991. The van der Waals surface area contributed by atoms with Crippen molar-refractivity contribution in [3.63, 3.8) is 0 Å². The number of ketones is 1. The molecule has 1 aliphatic rings. The molecular formula is C20H17N5OS. The molecular weight excluding hydrogens is 358 g/mol. The van der Waals surface area contributed by atoms with Crippen LogP contribution in [0.1, 0.15) is 40.1 Å². The van der Waals surface area contributed by atoms with Crippen molar-refractivity contribution in [2.45, 2.75) is 29.3 Å². The minimum Gasteiger partial charge on any atom is -0.360 e. The third-order valence-electron chi connectivity index (χ3n) is 4.77. The number of hydrogen-bond donors (Lipinski definition) is 1. The van der Waals surface area contributed by atoms with Crippen molar-refractivity contribution in [3.8, 4) is 0 Å². The van der Waals surface area contributed by atoms with E-state index in [0.717, 1.165) is 29.3 Å². The van der Waals surface area contributed by atoms with Crippen LogP contribution in [0.15, 0.2) is 66.0 Å². The predicted octanol–water partition coefficient (Wildman–Crippen LogP) is 4.21. The number of Topliss-reactive ketones (excluding diaryl/α,β-unsaturated/α-hetero) is 1. The second-order valence-electron chi connectivity index (χ2n) is 6.66. The summed E-state index contributed by atoms with van der Waals surface area (Å²) in [5.41, 5.74) is 2.60. The first kappa shape index (κ1) is 16.3. The highest BCUT2D eigenvalue weighted by molar-refractivity contribution is 8.00. The normalized spacial score (nSPS) is 15.1. The van der Waals surface area contributed by atoms with Gasteiger partial charge in [-0.2, -0.15) is 0 Å². The summed E-state index contributed by atoms with van der Waals surface area (Å²) in [7, 11) is 0. The number of para-hydroxylation sites is 1. The molecule has 5 rings (SSSR count). The average Bonchev–Trinajstić information content (AvgIpc) is 3.29. The minimum atomic E-state index is -0.408. The molecule has 4 aromatic rings. The number of H-pyrrole nitrogens is 1. The zero-order valence-corrected chi connectivity index (χ0v) is 15.3. The molecule has 0 radical (unpaired) electrons. The second-order valence-corrected chi connectivity index (χ2v) is 7.73. The van der Waals surface area contributed by atoms with Gasteiger partial charge < -0.3 is 4.98 Å². The molecule has 1 aliphatic carbocycles. The Balaban J connectivity index is 1.55. The van der Waals surface area contributed by atoms with Gasteiger partial charge in [0.2, 0.25) is 5.16 Å². The molecule has 2 aromatic carbocycles. The van der Waals surface area contributed by atoms with E-state index in [2.05, 4.69) is 20.5 Å². The fourth-order valence-corrected chi connectivity index (χ4v) is 4.35. The Morgan fingerprint density at radius 2 is 1.89 bits per heavy atom. The summed E-state index contributed by atoms with van der Waals surface area (Å²) >= 11 is 1.42. The van der Waals surface area contributed by atoms with Gasteiger partial charge in [0, 0.05) is 22.7 Å². The molecule has 7 heteroatoms. The maximum atomic E-state index is 13.5. The van der Waals surface area contributed by atoms with Crippen LogP contribution in [0.25, 0.3) is 10.9 Å². The molecule has 0 aliphatic heterocycles. The number of tetrazole rings is 1. The van der Waals surface area contributed by atoms with E-state index in [9.17, 15) is 4.79 Å². The van der Waals surface area contributed by atoms with Crippen molar-refractivity contribution in [3.05, 3.63) is 71.9 Å². The summed E-state index contributed by atoms with van der Waals surface area (Å²) in [5, 5.41) is 13.3. The van der Waals surface area contributed by atoms with Crippen LogP contribution in [0, 0.1) is 0 Å². The van der Waals surface area contributed by atoms with E-state index in [4.69, 9.17) is 0 Å². The number of benzene rings is 2. The van der Waals surface area contributed by atoms with Gasteiger partial charge in [0.05, 0.1) is 6.04 Å². The second kappa shape index (κ2) is 6.66. The van der Waals surface area contributed by atoms with Gasteiger partial charge >= 0.3 is 0 Å². The van der Waals surface area contributed by atoms with E-state index in [1.807, 2.05) is 59.3 Å². The summed E-state index contributed by atoms with van der Waals surface area (Å²) in [6.45, 7) is 0. The highest BCUT2D eigenvalue weighted by atomic mass is 32.2. The smallest absolute Gasteiger partial charge is 0.210 e. The molecule has 2 aromatic heterocycles. The Morgan fingerprint density at radius 3 is 2.70 bits per heavy atom. The topological polar surface area (TPSA) is 76.5 Å². The third kappa shape index (κ3) is 3.04. The molecule has 1 N–H and O–H groups in total. The quantitative estimate of drug-likeness (QED) is 0.404. The van der Waals surface area contributed by atoms with E-state index >= 15 is 0 Å². The third-order valence-corrected chi connectivity index (χ3v) is 5.98. The Morgan fingerprint density at radius 1 is 1.11 bits per heavy atom. The van der Waals surface area contributed by atoms with Crippen molar-refractivity contribution < 1.29 is 4.79 Å². The summed E-state index contributed by atoms with van der Waals surface area (Å²) in [4.78, 5) is 16.7. The van der Waals surface area contributed by atoms with Crippen LogP contribution in [0.2, 0.25) is 0 Å². The number of hydrogen-bond acceptors (Lipinski definition) is 5. The van der Waals surface area contributed by atoms with E-state index in [1.165, 1.54) is 11.8 Å². The number of aromatic nitrogens is 5. The van der Waals surface area contributed by atoms with Gasteiger partial charge in [-0.3, -0.25) is 4.79 Å². The first-order valence-electron chi connectivity index (χ1n) is 8.91. The summed E-state index contributed by atoms with van der Waals surface area (Å²) < 4.78 is 1.85. The van der Waals surface area contributed by atoms with Gasteiger partial charge in [0.15, 0.2) is 5.78 Å². The van der Waals surface area contributed by atoms with Gasteiger partial charge in [0.1, 0.15) is 5.25 Å². The van der Waals surface area contributed by atoms with Crippen LogP contribution < -0.4 is 0 Å². The predicted molar refractivity (Wildman–Crippen MR) is 104 cm³/mol. The minimum absolute atomic E-state index is 0.0500. The first-order valence-corrected chi connectivity index (χ1v) is 9.79. The zero-order valence-electron chi connectivity index (χ0n) is 14.4. The Hall–Kier alpha value is -2.93. The maximum Gasteiger partial charge on any atom is 0.210 e. The lowest BCUT2D eigenvalue weighted by atomic mass is 10.0. The number of nitrogens with one attached hydrogen (secondary N) is 1. The number of carbonyl (C=O) groups excluding carboxylic acids is 1. The summed E-state index contributed by atoms with van der Waals surface area (Å²) in [6, 6.07) is 18.0. The van der Waals surface area contributed by atoms with Crippen LogP contribution in [-0.2, 0) is 0 Å². The monoisotopic (exact) mass is 375 g/mol. The van der Waals surface area contributed by atoms with Crippen molar-refractivity contribution >= 4 is 28.4 Å². The number of aromatic amines is 1. The Labute approximate surface area is 160 Å². The Kier molecular flexibility index (Phi) is 4.01. The van der Waals surface area contributed by atoms with Crippen molar-refractivity contribution in [1.82, 2.24) is 25.2 Å². The first-order chi connectivity index (χ1) is 13.3. The lowest BCUT2D eigenvalue weighted by Gasteiger charge is -2.15. The fraction of sp³-hybridized carbons (Fsp3) is 0.200. The number of fused-ring (bicyclic) bond motifs is 1. The van der Waals surface area contributed by atoms with Gasteiger partial charge in [-0.1, -0.05) is 60.3 Å². The average molecular weight is 375 g/mol. The van der Waals surface area contributed by atoms with E-state index in [1.54, 1.807) is 6.20 Å². The molecule has 1 atom stereocenters. The van der Waals surface area contributed by atoms with Crippen LogP contribution in [0.4, 0.5) is 0 Å². The van der Waals surface area contributed by atoms with E-state index < -0.39 is 5.25 Å². The molecule has 1 saturated carbocycles. The molecule has 134 valence electrons. The fourth-order valence-electron chi connectivity index (χ4n) is 3.23. The van der Waals surface area contributed by atoms with E-state index in [-0.39, 0.29) is 5.78 Å². The largest absolute Gasteiger partial charge is 0.360 e. The molecule has 0 unspecified atom stereocenters. The molecule has 2 heterocycles. The number of carbonyl (C=O) groups is 1. The molecule has 27 heavy (non-hydrogen) atoms. The van der Waals surface area contributed by atoms with Crippen LogP contribution in [-0.4, -0.2) is 31.0 Å². The molecule has 0 spiro atoms.